The van der Waals surface area contributed by atoms with Crippen molar-refractivity contribution in [2.45, 2.75) is 12.5 Å². The summed E-state index contributed by atoms with van der Waals surface area (Å²) in [7, 11) is 0. The van der Waals surface area contributed by atoms with E-state index in [1.807, 2.05) is 30.3 Å². The monoisotopic (exact) mass is 237 g/mol. The first-order valence-electron chi connectivity index (χ1n) is 6.13. The summed E-state index contributed by atoms with van der Waals surface area (Å²) in [6.07, 6.45) is 5.08. The Morgan fingerprint density at radius 3 is 2.67 bits per heavy atom. The molecule has 2 N–H and O–H groups in total. The highest BCUT2D eigenvalue weighted by atomic mass is 16.3. The van der Waals surface area contributed by atoms with Crippen LogP contribution in [-0.2, 0) is 6.42 Å². The van der Waals surface area contributed by atoms with Crippen molar-refractivity contribution in [1.82, 2.24) is 0 Å². The van der Waals surface area contributed by atoms with Crippen LogP contribution >= 0.6 is 0 Å². The maximum atomic E-state index is 9.69. The van der Waals surface area contributed by atoms with Gasteiger partial charge in [-0.3, -0.25) is 0 Å². The summed E-state index contributed by atoms with van der Waals surface area (Å²) < 4.78 is 0. The highest BCUT2D eigenvalue weighted by Crippen LogP contribution is 2.26. The fourth-order valence-electron chi connectivity index (χ4n) is 2.29. The topological polar surface area (TPSA) is 32.3 Å². The number of nitrogens with one attached hydrogen (secondary N) is 1. The van der Waals surface area contributed by atoms with Gasteiger partial charge in [-0.1, -0.05) is 48.6 Å². The van der Waals surface area contributed by atoms with E-state index in [1.54, 1.807) is 6.07 Å². The number of phenols is 1. The van der Waals surface area contributed by atoms with Crippen LogP contribution in [0.15, 0.2) is 54.6 Å². The predicted molar refractivity (Wildman–Crippen MR) is 74.7 cm³/mol. The lowest BCUT2D eigenvalue weighted by atomic mass is 10.1. The number of hydrogen-bond acceptors (Lipinski definition) is 2. The SMILES string of the molecule is Oc1ccccc1/C=C\C1Cc2ccccc2N1. The van der Waals surface area contributed by atoms with E-state index in [4.69, 9.17) is 0 Å². The van der Waals surface area contributed by atoms with Crippen molar-refractivity contribution in [3.05, 3.63) is 65.7 Å². The molecular weight excluding hydrogens is 222 g/mol. The molecule has 0 radical (unpaired) electrons. The second-order valence-corrected chi connectivity index (χ2v) is 4.53. The largest absolute Gasteiger partial charge is 0.507 e. The van der Waals surface area contributed by atoms with E-state index in [0.717, 1.165) is 12.0 Å². The average Bonchev–Trinajstić information content (AvgIpc) is 2.80. The van der Waals surface area contributed by atoms with Crippen LogP contribution in [0, 0.1) is 0 Å². The Bertz CT molecular complexity index is 564. The summed E-state index contributed by atoms with van der Waals surface area (Å²) in [4.78, 5) is 0. The second kappa shape index (κ2) is 4.57. The lowest BCUT2D eigenvalue weighted by molar-refractivity contribution is 0.474. The van der Waals surface area contributed by atoms with Gasteiger partial charge in [0.25, 0.3) is 0 Å². The molecule has 1 aliphatic rings. The molecule has 0 saturated heterocycles. The molecule has 2 aromatic carbocycles. The van der Waals surface area contributed by atoms with E-state index >= 15 is 0 Å². The smallest absolute Gasteiger partial charge is 0.122 e. The predicted octanol–water partition coefficient (Wildman–Crippen LogP) is 3.44. The maximum absolute atomic E-state index is 9.69. The number of anilines is 1. The number of para-hydroxylation sites is 2. The standard InChI is InChI=1S/C16H15NO/c18-16-8-4-2-5-12(16)9-10-14-11-13-6-1-3-7-15(13)17-14/h1-10,14,17-18H,11H2/b10-9-. The molecule has 0 aromatic heterocycles. The third kappa shape index (κ3) is 2.09. The van der Waals surface area contributed by atoms with Crippen LogP contribution < -0.4 is 5.32 Å². The van der Waals surface area contributed by atoms with Crippen LogP contribution in [-0.4, -0.2) is 11.1 Å². The first-order chi connectivity index (χ1) is 8.83. The van der Waals surface area contributed by atoms with Gasteiger partial charge in [-0.15, -0.1) is 0 Å². The maximum Gasteiger partial charge on any atom is 0.122 e. The molecule has 90 valence electrons. The van der Waals surface area contributed by atoms with Crippen LogP contribution in [0.4, 0.5) is 5.69 Å². The molecule has 0 aliphatic carbocycles. The molecule has 2 nitrogen and oxygen atoms in total. The van der Waals surface area contributed by atoms with Crippen LogP contribution in [0.25, 0.3) is 6.08 Å². The van der Waals surface area contributed by atoms with Crippen LogP contribution in [0.2, 0.25) is 0 Å². The highest BCUT2D eigenvalue weighted by molar-refractivity contribution is 5.62. The number of hydrogen-bond donors (Lipinski definition) is 2. The molecule has 1 unspecified atom stereocenters. The van der Waals surface area contributed by atoms with Gasteiger partial charge in [0, 0.05) is 17.3 Å². The Labute approximate surface area is 107 Å². The highest BCUT2D eigenvalue weighted by Gasteiger charge is 2.16. The van der Waals surface area contributed by atoms with Gasteiger partial charge in [0.05, 0.1) is 0 Å². The van der Waals surface area contributed by atoms with Crippen LogP contribution in [0.3, 0.4) is 0 Å². The summed E-state index contributed by atoms with van der Waals surface area (Å²) in [5.41, 5.74) is 3.42. The summed E-state index contributed by atoms with van der Waals surface area (Å²) in [6, 6.07) is 16.0. The number of rotatable bonds is 2. The number of phenolic OH excluding ortho intramolecular Hbond substituents is 1. The zero-order valence-corrected chi connectivity index (χ0v) is 10.0. The van der Waals surface area contributed by atoms with Gasteiger partial charge in [-0.2, -0.15) is 0 Å². The first kappa shape index (κ1) is 10.9. The fraction of sp³-hybridized carbons (Fsp3) is 0.125. The van der Waals surface area contributed by atoms with Crippen molar-refractivity contribution >= 4 is 11.8 Å². The Morgan fingerprint density at radius 2 is 1.83 bits per heavy atom. The van der Waals surface area contributed by atoms with Crippen molar-refractivity contribution in [2.75, 3.05) is 5.32 Å². The van der Waals surface area contributed by atoms with Crippen molar-refractivity contribution in [3.8, 4) is 5.75 Å². The second-order valence-electron chi connectivity index (χ2n) is 4.53. The molecule has 3 rings (SSSR count). The van der Waals surface area contributed by atoms with E-state index in [9.17, 15) is 5.11 Å². The molecule has 1 aliphatic heterocycles. The minimum atomic E-state index is 0.307. The Morgan fingerprint density at radius 1 is 1.06 bits per heavy atom. The summed E-state index contributed by atoms with van der Waals surface area (Å²) >= 11 is 0. The molecule has 0 fully saturated rings. The number of aromatic hydroxyl groups is 1. The summed E-state index contributed by atoms with van der Waals surface area (Å²) in [6.45, 7) is 0. The molecule has 0 bridgehead atoms. The molecule has 0 amide bonds. The third-order valence-corrected chi connectivity index (χ3v) is 3.24. The Balaban J connectivity index is 1.75. The van der Waals surface area contributed by atoms with E-state index in [2.05, 4.69) is 29.6 Å². The third-order valence-electron chi connectivity index (χ3n) is 3.24. The zero-order valence-electron chi connectivity index (χ0n) is 10.0. The van der Waals surface area contributed by atoms with Gasteiger partial charge < -0.3 is 10.4 Å². The minimum Gasteiger partial charge on any atom is -0.507 e. The molecular formula is C16H15NO. The lowest BCUT2D eigenvalue weighted by Crippen LogP contribution is -2.10. The Hall–Kier alpha value is -2.22. The van der Waals surface area contributed by atoms with Gasteiger partial charge in [0.1, 0.15) is 5.75 Å². The molecule has 1 atom stereocenters. The van der Waals surface area contributed by atoms with Crippen LogP contribution in [0.5, 0.6) is 5.75 Å². The summed E-state index contributed by atoms with van der Waals surface area (Å²) in [5.74, 6) is 0.323. The molecule has 1 heterocycles. The minimum absolute atomic E-state index is 0.307. The zero-order chi connectivity index (χ0) is 12.4. The van der Waals surface area contributed by atoms with Gasteiger partial charge >= 0.3 is 0 Å². The quantitative estimate of drug-likeness (QED) is 0.838. The molecule has 2 heteroatoms. The average molecular weight is 237 g/mol. The summed E-state index contributed by atoms with van der Waals surface area (Å²) in [5, 5.41) is 13.1. The number of fused-ring (bicyclic) bond motifs is 1. The van der Waals surface area contributed by atoms with E-state index in [0.29, 0.717) is 11.8 Å². The van der Waals surface area contributed by atoms with Crippen molar-refractivity contribution in [1.29, 1.82) is 0 Å². The van der Waals surface area contributed by atoms with E-state index in [-0.39, 0.29) is 0 Å². The molecule has 18 heavy (non-hydrogen) atoms. The number of benzene rings is 2. The van der Waals surface area contributed by atoms with Crippen molar-refractivity contribution in [2.24, 2.45) is 0 Å². The molecule has 0 saturated carbocycles. The van der Waals surface area contributed by atoms with Crippen LogP contribution in [0.1, 0.15) is 11.1 Å². The van der Waals surface area contributed by atoms with Crippen molar-refractivity contribution < 1.29 is 5.11 Å². The van der Waals surface area contributed by atoms with E-state index in [1.165, 1.54) is 11.3 Å². The Kier molecular flexibility index (Phi) is 2.77. The van der Waals surface area contributed by atoms with Gasteiger partial charge in [-0.05, 0) is 24.1 Å². The fourth-order valence-corrected chi connectivity index (χ4v) is 2.29. The van der Waals surface area contributed by atoms with Gasteiger partial charge in [-0.25, -0.2) is 0 Å². The molecule has 0 spiro atoms. The lowest BCUT2D eigenvalue weighted by Gasteiger charge is -2.05. The van der Waals surface area contributed by atoms with Gasteiger partial charge in [0.15, 0.2) is 0 Å². The van der Waals surface area contributed by atoms with Crippen molar-refractivity contribution in [3.63, 3.8) is 0 Å². The van der Waals surface area contributed by atoms with Gasteiger partial charge in [0.2, 0.25) is 0 Å². The normalized spacial score (nSPS) is 17.7. The van der Waals surface area contributed by atoms with E-state index < -0.39 is 0 Å². The first-order valence-corrected chi connectivity index (χ1v) is 6.13. The molecule has 2 aromatic rings.